The molecule has 1 aromatic carbocycles. The Hall–Kier alpha value is -3.36. The third kappa shape index (κ3) is 2.83. The van der Waals surface area contributed by atoms with Crippen molar-refractivity contribution >= 4 is 17.4 Å². The summed E-state index contributed by atoms with van der Waals surface area (Å²) in [6, 6.07) is 5.11. The van der Waals surface area contributed by atoms with Gasteiger partial charge in [-0.1, -0.05) is 0 Å². The molecule has 8 nitrogen and oxygen atoms in total. The van der Waals surface area contributed by atoms with Crippen molar-refractivity contribution in [3.05, 3.63) is 47.0 Å². The number of benzene rings is 1. The number of hydrogen-bond acceptors (Lipinski definition) is 6. The van der Waals surface area contributed by atoms with Gasteiger partial charge in [-0.3, -0.25) is 9.20 Å². The Morgan fingerprint density at radius 1 is 1.19 bits per heavy atom. The van der Waals surface area contributed by atoms with Crippen LogP contribution in [0, 0.1) is 5.82 Å². The molecule has 3 aliphatic rings. The second-order valence-corrected chi connectivity index (χ2v) is 8.45. The number of anilines is 1. The van der Waals surface area contributed by atoms with Crippen LogP contribution in [-0.2, 0) is 11.3 Å². The Labute approximate surface area is 178 Å². The summed E-state index contributed by atoms with van der Waals surface area (Å²) in [5.74, 6) is 1.92. The predicted octanol–water partition coefficient (Wildman–Crippen LogP) is 2.68. The number of likely N-dealkylation sites (tertiary alicyclic amines) is 1. The van der Waals surface area contributed by atoms with Gasteiger partial charge in [-0.2, -0.15) is 0 Å². The molecule has 3 aliphatic heterocycles. The van der Waals surface area contributed by atoms with Crippen molar-refractivity contribution in [2.45, 2.75) is 31.2 Å². The molecule has 6 rings (SSSR count). The number of fused-ring (bicyclic) bond motifs is 3. The van der Waals surface area contributed by atoms with Crippen molar-refractivity contribution in [3.63, 3.8) is 0 Å². The Kier molecular flexibility index (Phi) is 4.06. The SMILES string of the molecule is CN1CCC(c2cc3c(n4cnnc24)NCc2c(F)ccc4c2[C@@H](CO4)CO3)CC1=O. The molecule has 1 amide bonds. The van der Waals surface area contributed by atoms with Crippen molar-refractivity contribution in [1.82, 2.24) is 19.5 Å². The summed E-state index contributed by atoms with van der Waals surface area (Å²) in [6.07, 6.45) is 2.91. The van der Waals surface area contributed by atoms with Gasteiger partial charge in [0.2, 0.25) is 5.91 Å². The van der Waals surface area contributed by atoms with Crippen LogP contribution >= 0.6 is 0 Å². The third-order valence-electron chi connectivity index (χ3n) is 6.65. The van der Waals surface area contributed by atoms with E-state index in [2.05, 4.69) is 15.5 Å². The minimum Gasteiger partial charge on any atom is -0.493 e. The molecule has 0 saturated carbocycles. The number of rotatable bonds is 1. The van der Waals surface area contributed by atoms with Crippen molar-refractivity contribution < 1.29 is 18.7 Å². The molecule has 1 saturated heterocycles. The van der Waals surface area contributed by atoms with E-state index in [1.54, 1.807) is 17.3 Å². The lowest BCUT2D eigenvalue weighted by Gasteiger charge is -2.29. The van der Waals surface area contributed by atoms with Crippen molar-refractivity contribution in [3.8, 4) is 11.5 Å². The van der Waals surface area contributed by atoms with Crippen LogP contribution in [-0.4, -0.2) is 52.2 Å². The fourth-order valence-corrected chi connectivity index (χ4v) is 4.92. The number of aromatic nitrogens is 3. The smallest absolute Gasteiger partial charge is 0.222 e. The van der Waals surface area contributed by atoms with Crippen molar-refractivity contribution in [1.29, 1.82) is 0 Å². The van der Waals surface area contributed by atoms with Crippen LogP contribution in [0.1, 0.15) is 41.4 Å². The molecule has 3 aromatic rings. The quantitative estimate of drug-likeness (QED) is 0.648. The van der Waals surface area contributed by atoms with Gasteiger partial charge in [0.1, 0.15) is 17.9 Å². The highest BCUT2D eigenvalue weighted by molar-refractivity contribution is 5.78. The number of amides is 1. The Morgan fingerprint density at radius 3 is 2.87 bits per heavy atom. The number of piperidine rings is 1. The molecule has 9 heteroatoms. The first-order chi connectivity index (χ1) is 15.1. The van der Waals surface area contributed by atoms with Gasteiger partial charge in [0.05, 0.1) is 19.1 Å². The fourth-order valence-electron chi connectivity index (χ4n) is 4.92. The topological polar surface area (TPSA) is 81.0 Å². The van der Waals surface area contributed by atoms with Crippen LogP contribution in [0.4, 0.5) is 10.2 Å². The Balaban J connectivity index is 1.45. The average molecular weight is 423 g/mol. The number of nitrogens with zero attached hydrogens (tertiary/aromatic N) is 4. The summed E-state index contributed by atoms with van der Waals surface area (Å²) in [5.41, 5.74) is 3.12. The first-order valence-electron chi connectivity index (χ1n) is 10.5. The molecule has 1 N–H and O–H groups in total. The molecule has 0 aliphatic carbocycles. The highest BCUT2D eigenvalue weighted by Gasteiger charge is 2.33. The van der Waals surface area contributed by atoms with E-state index in [-0.39, 0.29) is 23.6 Å². The van der Waals surface area contributed by atoms with Gasteiger partial charge >= 0.3 is 0 Å². The standard InChI is InChI=1S/C22H22FN5O3/c1-27-5-4-12(6-19(27)29)14-7-18-22(28-11-25-26-21(14)28)24-8-15-16(23)2-3-17-20(15)13(9-30-17)10-31-18/h2-3,7,11-13,24H,4-6,8-10H2,1H3/t12?,13-/m0/s1. The van der Waals surface area contributed by atoms with E-state index in [0.29, 0.717) is 55.5 Å². The monoisotopic (exact) mass is 423 g/mol. The molecule has 2 aromatic heterocycles. The number of nitrogens with one attached hydrogen (secondary N) is 1. The fraction of sp³-hybridized carbons (Fsp3) is 0.409. The maximum absolute atomic E-state index is 14.7. The molecule has 160 valence electrons. The Bertz CT molecular complexity index is 1210. The van der Waals surface area contributed by atoms with Crippen LogP contribution in [0.5, 0.6) is 11.5 Å². The van der Waals surface area contributed by atoms with Crippen LogP contribution in [0.3, 0.4) is 0 Å². The zero-order valence-corrected chi connectivity index (χ0v) is 17.1. The van der Waals surface area contributed by atoms with Gasteiger partial charge in [0.15, 0.2) is 17.2 Å². The van der Waals surface area contributed by atoms with Crippen molar-refractivity contribution in [2.24, 2.45) is 0 Å². The van der Waals surface area contributed by atoms with E-state index >= 15 is 0 Å². The molecule has 2 atom stereocenters. The van der Waals surface area contributed by atoms with E-state index in [1.807, 2.05) is 17.5 Å². The molecule has 5 heterocycles. The van der Waals surface area contributed by atoms with Gasteiger partial charge in [-0.15, -0.1) is 10.2 Å². The number of pyridine rings is 1. The molecule has 0 bridgehead atoms. The van der Waals surface area contributed by atoms with E-state index in [0.717, 1.165) is 23.3 Å². The summed E-state index contributed by atoms with van der Waals surface area (Å²) in [5, 5.41) is 11.8. The van der Waals surface area contributed by atoms with Crippen LogP contribution < -0.4 is 14.8 Å². The molecule has 0 spiro atoms. The minimum atomic E-state index is -0.258. The van der Waals surface area contributed by atoms with Gasteiger partial charge in [0.25, 0.3) is 0 Å². The van der Waals surface area contributed by atoms with Crippen LogP contribution in [0.2, 0.25) is 0 Å². The molecular formula is C22H22FN5O3. The molecule has 1 unspecified atom stereocenters. The summed E-state index contributed by atoms with van der Waals surface area (Å²) in [7, 11) is 1.83. The van der Waals surface area contributed by atoms with E-state index in [9.17, 15) is 9.18 Å². The van der Waals surface area contributed by atoms with Gasteiger partial charge < -0.3 is 19.7 Å². The van der Waals surface area contributed by atoms with Crippen molar-refractivity contribution in [2.75, 3.05) is 32.1 Å². The Morgan fingerprint density at radius 2 is 2.03 bits per heavy atom. The summed E-state index contributed by atoms with van der Waals surface area (Å²) in [4.78, 5) is 14.1. The molecule has 0 radical (unpaired) electrons. The van der Waals surface area contributed by atoms with E-state index in [1.165, 1.54) is 6.07 Å². The predicted molar refractivity (Wildman–Crippen MR) is 110 cm³/mol. The second-order valence-electron chi connectivity index (χ2n) is 8.45. The summed E-state index contributed by atoms with van der Waals surface area (Å²) >= 11 is 0. The van der Waals surface area contributed by atoms with Gasteiger partial charge in [-0.25, -0.2) is 4.39 Å². The average Bonchev–Trinajstić information content (AvgIpc) is 3.41. The first-order valence-corrected chi connectivity index (χ1v) is 10.5. The number of carbonyl (C=O) groups is 1. The largest absolute Gasteiger partial charge is 0.493 e. The number of carbonyl (C=O) groups excluding carboxylic acids is 1. The molecular weight excluding hydrogens is 401 g/mol. The van der Waals surface area contributed by atoms with Crippen LogP contribution in [0.15, 0.2) is 24.5 Å². The third-order valence-corrected chi connectivity index (χ3v) is 6.65. The summed E-state index contributed by atoms with van der Waals surface area (Å²) < 4.78 is 28.6. The van der Waals surface area contributed by atoms with Crippen LogP contribution in [0.25, 0.3) is 5.65 Å². The second kappa shape index (κ2) is 6.83. The number of halogens is 1. The number of hydrogen-bond donors (Lipinski definition) is 1. The lowest BCUT2D eigenvalue weighted by atomic mass is 9.89. The zero-order valence-electron chi connectivity index (χ0n) is 17.1. The highest BCUT2D eigenvalue weighted by atomic mass is 19.1. The maximum atomic E-state index is 14.7. The highest BCUT2D eigenvalue weighted by Crippen LogP contribution is 2.42. The number of ether oxygens (including phenoxy) is 2. The molecule has 1 fully saturated rings. The lowest BCUT2D eigenvalue weighted by Crippen LogP contribution is -2.35. The first kappa shape index (κ1) is 18.4. The zero-order chi connectivity index (χ0) is 21.1. The van der Waals surface area contributed by atoms with Gasteiger partial charge in [-0.05, 0) is 30.5 Å². The lowest BCUT2D eigenvalue weighted by molar-refractivity contribution is -0.132. The maximum Gasteiger partial charge on any atom is 0.222 e. The summed E-state index contributed by atoms with van der Waals surface area (Å²) in [6.45, 7) is 1.84. The normalized spacial score (nSPS) is 22.5. The van der Waals surface area contributed by atoms with E-state index in [4.69, 9.17) is 9.47 Å². The van der Waals surface area contributed by atoms with E-state index < -0.39 is 0 Å². The van der Waals surface area contributed by atoms with Gasteiger partial charge in [0, 0.05) is 43.2 Å². The minimum absolute atomic E-state index is 0.0431. The molecule has 31 heavy (non-hydrogen) atoms.